The van der Waals surface area contributed by atoms with Crippen LogP contribution >= 0.6 is 0 Å². The molecule has 1 amide bonds. The summed E-state index contributed by atoms with van der Waals surface area (Å²) in [5, 5.41) is 16.1. The molecule has 5 heteroatoms. The van der Waals surface area contributed by atoms with Crippen LogP contribution in [0.4, 0.5) is 11.4 Å². The molecule has 3 rings (SSSR count). The van der Waals surface area contributed by atoms with Gasteiger partial charge in [0.05, 0.1) is 0 Å². The maximum absolute atomic E-state index is 13.9. The van der Waals surface area contributed by atoms with Crippen LogP contribution in [-0.2, 0) is 4.79 Å². The highest BCUT2D eigenvalue weighted by atomic mass is 16.3. The van der Waals surface area contributed by atoms with Crippen LogP contribution in [0.1, 0.15) is 109 Å². The summed E-state index contributed by atoms with van der Waals surface area (Å²) in [6.45, 7) is 23.7. The minimum atomic E-state index is -0.866. The molecule has 2 aromatic carbocycles. The third-order valence-corrected chi connectivity index (χ3v) is 9.12. The lowest BCUT2D eigenvalue weighted by Gasteiger charge is -2.34. The molecule has 46 heavy (non-hydrogen) atoms. The van der Waals surface area contributed by atoms with Crippen LogP contribution in [-0.4, -0.2) is 29.1 Å². The van der Waals surface area contributed by atoms with Gasteiger partial charge in [-0.05, 0) is 92.8 Å². The molecule has 5 nitrogen and oxygen atoms in total. The molecular weight excluding hydrogens is 566 g/mol. The summed E-state index contributed by atoms with van der Waals surface area (Å²) in [4.78, 5) is 16.5. The van der Waals surface area contributed by atoms with Crippen LogP contribution in [0.15, 0.2) is 92.3 Å². The Morgan fingerprint density at radius 1 is 1.11 bits per heavy atom. The van der Waals surface area contributed by atoms with E-state index in [0.717, 1.165) is 68.3 Å². The van der Waals surface area contributed by atoms with Gasteiger partial charge >= 0.3 is 0 Å². The summed E-state index contributed by atoms with van der Waals surface area (Å²) in [7, 11) is 0. The van der Waals surface area contributed by atoms with E-state index >= 15 is 0 Å². The van der Waals surface area contributed by atoms with Crippen molar-refractivity contribution in [2.75, 3.05) is 16.8 Å². The number of carbonyl (C=O) groups is 1. The molecule has 4 unspecified atom stereocenters. The van der Waals surface area contributed by atoms with E-state index in [1.807, 2.05) is 37.3 Å². The molecule has 0 aromatic heterocycles. The van der Waals surface area contributed by atoms with Gasteiger partial charge in [0.2, 0.25) is 5.91 Å². The highest BCUT2D eigenvalue weighted by Gasteiger charge is 2.40. The molecule has 0 radical (unpaired) electrons. The number of hydrogen-bond acceptors (Lipinski definition) is 4. The summed E-state index contributed by atoms with van der Waals surface area (Å²) < 4.78 is 0. The molecule has 3 N–H and O–H groups in total. The Kier molecular flexibility index (Phi) is 14.0. The van der Waals surface area contributed by atoms with Crippen LogP contribution in [0.5, 0.6) is 0 Å². The van der Waals surface area contributed by atoms with E-state index in [-0.39, 0.29) is 11.7 Å². The third kappa shape index (κ3) is 9.51. The number of anilines is 2. The Bertz CT molecular complexity index is 1410. The molecule has 1 aliphatic heterocycles. The number of nitrogens with zero attached hydrogens (tertiary/aromatic N) is 1. The number of hydrogen-bond donors (Lipinski definition) is 3. The minimum absolute atomic E-state index is 0.0182. The number of amides is 1. The van der Waals surface area contributed by atoms with Gasteiger partial charge in [0.15, 0.2) is 0 Å². The molecule has 0 saturated carbocycles. The number of benzene rings is 2. The van der Waals surface area contributed by atoms with E-state index < -0.39 is 5.54 Å². The van der Waals surface area contributed by atoms with Crippen LogP contribution in [0.3, 0.4) is 0 Å². The smallest absolute Gasteiger partial charge is 0.249 e. The third-order valence-electron chi connectivity index (χ3n) is 9.12. The first-order valence-electron chi connectivity index (χ1n) is 17.2. The van der Waals surface area contributed by atoms with Gasteiger partial charge in [-0.2, -0.15) is 0 Å². The molecule has 2 aromatic rings. The summed E-state index contributed by atoms with van der Waals surface area (Å²) in [5.74, 6) is 0.775. The maximum Gasteiger partial charge on any atom is 0.249 e. The van der Waals surface area contributed by atoms with Gasteiger partial charge in [0.25, 0.3) is 0 Å². The number of allylic oxidation sites excluding steroid dienone is 3. The average molecular weight is 624 g/mol. The van der Waals surface area contributed by atoms with Crippen molar-refractivity contribution in [1.29, 1.82) is 0 Å². The molecule has 0 fully saturated rings. The highest BCUT2D eigenvalue weighted by Crippen LogP contribution is 2.47. The molecule has 4 atom stereocenters. The maximum atomic E-state index is 13.9. The van der Waals surface area contributed by atoms with Gasteiger partial charge in [0.1, 0.15) is 11.3 Å². The van der Waals surface area contributed by atoms with Crippen molar-refractivity contribution < 1.29 is 9.90 Å². The summed E-state index contributed by atoms with van der Waals surface area (Å²) in [6, 6.07) is 14.7. The van der Waals surface area contributed by atoms with Gasteiger partial charge < -0.3 is 20.6 Å². The number of aliphatic hydroxyl groups excluding tert-OH is 1. The van der Waals surface area contributed by atoms with E-state index in [1.54, 1.807) is 6.08 Å². The molecular formula is C41H57N3O2. The van der Waals surface area contributed by atoms with E-state index in [9.17, 15) is 9.90 Å². The number of fused-ring (bicyclic) bond motifs is 1. The summed E-state index contributed by atoms with van der Waals surface area (Å²) in [6.07, 6.45) is 18.0. The topological polar surface area (TPSA) is 64.6 Å². The predicted molar refractivity (Wildman–Crippen MR) is 199 cm³/mol. The van der Waals surface area contributed by atoms with Gasteiger partial charge in [-0.15, -0.1) is 6.58 Å². The molecule has 248 valence electrons. The second-order valence-corrected chi connectivity index (χ2v) is 13.0. The quantitative estimate of drug-likeness (QED) is 0.0630. The van der Waals surface area contributed by atoms with Crippen molar-refractivity contribution in [3.63, 3.8) is 0 Å². The lowest BCUT2D eigenvalue weighted by molar-refractivity contribution is -0.121. The summed E-state index contributed by atoms with van der Waals surface area (Å²) in [5.41, 5.74) is 5.17. The van der Waals surface area contributed by atoms with Gasteiger partial charge in [-0.3, -0.25) is 4.79 Å². The van der Waals surface area contributed by atoms with E-state index in [0.29, 0.717) is 30.0 Å². The number of rotatable bonds is 19. The predicted octanol–water partition coefficient (Wildman–Crippen LogP) is 10.6. The first-order chi connectivity index (χ1) is 22.1. The van der Waals surface area contributed by atoms with Crippen molar-refractivity contribution in [3.8, 4) is 0 Å². The number of unbranched alkanes of at least 4 members (excludes halogenated alkanes) is 3. The normalized spacial score (nSPS) is 17.9. The second kappa shape index (κ2) is 17.6. The minimum Gasteiger partial charge on any atom is -0.509 e. The van der Waals surface area contributed by atoms with Crippen LogP contribution in [0, 0.1) is 5.92 Å². The zero-order chi connectivity index (χ0) is 33.7. The molecule has 1 aliphatic rings. The van der Waals surface area contributed by atoms with Gasteiger partial charge in [-0.25, -0.2) is 0 Å². The van der Waals surface area contributed by atoms with Crippen molar-refractivity contribution in [2.45, 2.75) is 103 Å². The van der Waals surface area contributed by atoms with Crippen molar-refractivity contribution in [2.24, 2.45) is 5.92 Å². The average Bonchev–Trinajstić information content (AvgIpc) is 3.33. The van der Waals surface area contributed by atoms with Gasteiger partial charge in [0, 0.05) is 35.6 Å². The van der Waals surface area contributed by atoms with Crippen molar-refractivity contribution in [1.82, 2.24) is 5.32 Å². The monoisotopic (exact) mass is 623 g/mol. The lowest BCUT2D eigenvalue weighted by Crippen LogP contribution is -2.51. The Morgan fingerprint density at radius 2 is 1.89 bits per heavy atom. The molecule has 0 aliphatic carbocycles. The lowest BCUT2D eigenvalue weighted by atomic mass is 9.83. The Hall–Kier alpha value is -3.99. The number of nitrogens with one attached hydrogen (secondary N) is 2. The fourth-order valence-electron chi connectivity index (χ4n) is 6.75. The molecule has 0 bridgehead atoms. The first-order valence-corrected chi connectivity index (χ1v) is 17.2. The van der Waals surface area contributed by atoms with Crippen LogP contribution < -0.4 is 15.5 Å². The van der Waals surface area contributed by atoms with Gasteiger partial charge in [-0.1, -0.05) is 102 Å². The zero-order valence-electron chi connectivity index (χ0n) is 28.9. The SMILES string of the molecule is C=CCCCCN1c2cc(C(=C)NC(C)(CCCC)C(=O)Nc3cccc(/C=C/C(=C)O)c3)ccc2C(CCC)C1C(C)/C=C\C. The number of carbonyl (C=O) groups excluding carboxylic acids is 1. The highest BCUT2D eigenvalue weighted by molar-refractivity contribution is 5.99. The Balaban J connectivity index is 1.91. The fraction of sp³-hybridized carbons (Fsp3) is 0.439. The van der Waals surface area contributed by atoms with Crippen molar-refractivity contribution in [3.05, 3.63) is 109 Å². The first kappa shape index (κ1) is 36.5. The largest absolute Gasteiger partial charge is 0.509 e. The number of aliphatic hydroxyl groups is 1. The Labute approximate surface area is 278 Å². The van der Waals surface area contributed by atoms with Crippen LogP contribution in [0.2, 0.25) is 0 Å². The molecule has 1 heterocycles. The van der Waals surface area contributed by atoms with Crippen molar-refractivity contribution >= 4 is 29.1 Å². The second-order valence-electron chi connectivity index (χ2n) is 13.0. The summed E-state index contributed by atoms with van der Waals surface area (Å²) >= 11 is 0. The van der Waals surface area contributed by atoms with E-state index in [4.69, 9.17) is 0 Å². The Morgan fingerprint density at radius 3 is 2.57 bits per heavy atom. The van der Waals surface area contributed by atoms with E-state index in [1.165, 1.54) is 17.3 Å². The zero-order valence-corrected chi connectivity index (χ0v) is 28.9. The van der Waals surface area contributed by atoms with E-state index in [2.05, 4.69) is 93.3 Å². The van der Waals surface area contributed by atoms with Crippen LogP contribution in [0.25, 0.3) is 11.8 Å². The standard InChI is InChI=1S/C41H57N3O2/c1-9-13-15-16-27-44-38-29-34(24-25-36(38)37(19-12-4)39(44)30(5)18-11-3)32(7)43-41(8,26-14-10-2)40(46)42-35-21-17-20-33(28-35)23-22-31(6)45/h9,11,17-18,20-25,28-30,37,39,43,45H,1,6-7,10,12-16,19,26-27H2,2-5,8H3,(H,42,46)/b18-11-,23-22+. The fourth-order valence-corrected chi connectivity index (χ4v) is 6.75. The molecule has 0 spiro atoms. The molecule has 0 saturated heterocycles.